The zero-order chi connectivity index (χ0) is 15.7. The Hall–Kier alpha value is -2.56. The molecule has 1 aromatic heterocycles. The molecule has 0 spiro atoms. The number of H-pyrrole nitrogens is 1. The highest BCUT2D eigenvalue weighted by Gasteiger charge is 2.33. The first-order valence-electron chi connectivity index (χ1n) is 6.74. The number of fused-ring (bicyclic) bond motifs is 1. The van der Waals surface area contributed by atoms with Crippen molar-refractivity contribution in [2.24, 2.45) is 4.99 Å². The summed E-state index contributed by atoms with van der Waals surface area (Å²) in [6.45, 7) is 1.87. The van der Waals surface area contributed by atoms with Crippen LogP contribution in [0.25, 0.3) is 10.9 Å². The van der Waals surface area contributed by atoms with Crippen molar-refractivity contribution in [1.82, 2.24) is 4.98 Å². The summed E-state index contributed by atoms with van der Waals surface area (Å²) in [5.41, 5.74) is 1.79. The van der Waals surface area contributed by atoms with Gasteiger partial charge >= 0.3 is 6.18 Å². The number of nitrogens with zero attached hydrogens (tertiary/aromatic N) is 1. The summed E-state index contributed by atoms with van der Waals surface area (Å²) in [4.78, 5) is 7.26. The fraction of sp³-hybridized carbons (Fsp3) is 0.118. The van der Waals surface area contributed by atoms with Crippen LogP contribution in [0.4, 0.5) is 18.9 Å². The van der Waals surface area contributed by atoms with Gasteiger partial charge in [-0.05, 0) is 25.1 Å². The van der Waals surface area contributed by atoms with Gasteiger partial charge in [-0.15, -0.1) is 0 Å². The van der Waals surface area contributed by atoms with Crippen LogP contribution in [0.15, 0.2) is 53.5 Å². The molecular weight excluding hydrogens is 289 g/mol. The predicted molar refractivity (Wildman–Crippen MR) is 81.7 cm³/mol. The molecule has 3 aromatic rings. The van der Waals surface area contributed by atoms with Gasteiger partial charge in [-0.2, -0.15) is 13.2 Å². The van der Waals surface area contributed by atoms with Gasteiger partial charge in [0.05, 0.1) is 11.3 Å². The molecule has 0 unspecified atom stereocenters. The number of rotatable bonds is 2. The maximum Gasteiger partial charge on any atom is 0.418 e. The minimum atomic E-state index is -4.41. The topological polar surface area (TPSA) is 28.1 Å². The third-order valence-corrected chi connectivity index (χ3v) is 3.49. The molecule has 0 radical (unpaired) electrons. The highest BCUT2D eigenvalue weighted by atomic mass is 19.4. The Labute approximate surface area is 125 Å². The van der Waals surface area contributed by atoms with E-state index in [1.54, 1.807) is 6.07 Å². The Bertz CT molecular complexity index is 844. The first-order valence-corrected chi connectivity index (χ1v) is 6.74. The molecule has 0 fully saturated rings. The predicted octanol–water partition coefficient (Wildman–Crippen LogP) is 5.25. The van der Waals surface area contributed by atoms with E-state index in [1.165, 1.54) is 18.3 Å². The zero-order valence-corrected chi connectivity index (χ0v) is 11.8. The lowest BCUT2D eigenvalue weighted by Gasteiger charge is -2.08. The third-order valence-electron chi connectivity index (χ3n) is 3.49. The summed E-state index contributed by atoms with van der Waals surface area (Å²) in [6.07, 6.45) is -2.93. The van der Waals surface area contributed by atoms with E-state index in [4.69, 9.17) is 0 Å². The van der Waals surface area contributed by atoms with Gasteiger partial charge in [0, 0.05) is 28.4 Å². The van der Waals surface area contributed by atoms with Crippen LogP contribution in [0.5, 0.6) is 0 Å². The van der Waals surface area contributed by atoms with E-state index < -0.39 is 11.7 Å². The first-order chi connectivity index (χ1) is 10.5. The lowest BCUT2D eigenvalue weighted by Crippen LogP contribution is -2.04. The van der Waals surface area contributed by atoms with E-state index in [0.29, 0.717) is 0 Å². The molecule has 1 heterocycles. The normalized spacial score (nSPS) is 12.4. The number of aliphatic imine (C=N–C) groups is 1. The van der Waals surface area contributed by atoms with E-state index >= 15 is 0 Å². The number of hydrogen-bond donors (Lipinski definition) is 1. The highest BCUT2D eigenvalue weighted by Crippen LogP contribution is 2.36. The van der Waals surface area contributed by atoms with Crippen LogP contribution in [-0.2, 0) is 6.18 Å². The largest absolute Gasteiger partial charge is 0.418 e. The number of aromatic amines is 1. The Morgan fingerprint density at radius 2 is 1.68 bits per heavy atom. The van der Waals surface area contributed by atoms with Crippen LogP contribution in [0.3, 0.4) is 0 Å². The van der Waals surface area contributed by atoms with E-state index in [2.05, 4.69) is 9.98 Å². The standard InChI is InChI=1S/C17H13F3N2/c1-11-13(12-6-2-4-8-15(12)22-11)10-21-16-9-5-3-7-14(16)17(18,19)20/h2-10,22H,1H3/b21-10+. The fourth-order valence-corrected chi connectivity index (χ4v) is 2.42. The number of halogens is 3. The molecule has 1 N–H and O–H groups in total. The van der Waals surface area contributed by atoms with Crippen LogP contribution in [0, 0.1) is 6.92 Å². The van der Waals surface area contributed by atoms with Gasteiger partial charge in [0.25, 0.3) is 0 Å². The van der Waals surface area contributed by atoms with Gasteiger partial charge in [-0.1, -0.05) is 30.3 Å². The molecule has 3 rings (SSSR count). The van der Waals surface area contributed by atoms with Gasteiger partial charge in [-0.25, -0.2) is 0 Å². The Morgan fingerprint density at radius 1 is 1.00 bits per heavy atom. The van der Waals surface area contributed by atoms with E-state index in [1.807, 2.05) is 31.2 Å². The number of para-hydroxylation sites is 2. The van der Waals surface area contributed by atoms with Crippen molar-refractivity contribution in [2.45, 2.75) is 13.1 Å². The molecule has 0 aliphatic carbocycles. The van der Waals surface area contributed by atoms with Crippen LogP contribution in [0.2, 0.25) is 0 Å². The minimum absolute atomic E-state index is 0.0836. The highest BCUT2D eigenvalue weighted by molar-refractivity contribution is 6.01. The molecule has 0 saturated carbocycles. The van der Waals surface area contributed by atoms with Crippen molar-refractivity contribution in [1.29, 1.82) is 0 Å². The molecule has 5 heteroatoms. The van der Waals surface area contributed by atoms with Gasteiger partial charge in [-0.3, -0.25) is 4.99 Å². The van der Waals surface area contributed by atoms with Crippen LogP contribution in [0.1, 0.15) is 16.8 Å². The van der Waals surface area contributed by atoms with Crippen molar-refractivity contribution >= 4 is 22.8 Å². The monoisotopic (exact) mass is 302 g/mol. The van der Waals surface area contributed by atoms with Crippen LogP contribution < -0.4 is 0 Å². The smallest absolute Gasteiger partial charge is 0.358 e. The molecule has 22 heavy (non-hydrogen) atoms. The van der Waals surface area contributed by atoms with Crippen molar-refractivity contribution in [3.8, 4) is 0 Å². The lowest BCUT2D eigenvalue weighted by molar-refractivity contribution is -0.137. The summed E-state index contributed by atoms with van der Waals surface area (Å²) in [5, 5.41) is 0.938. The lowest BCUT2D eigenvalue weighted by atomic mass is 10.1. The SMILES string of the molecule is Cc1[nH]c2ccccc2c1/C=N/c1ccccc1C(F)(F)F. The van der Waals surface area contributed by atoms with Gasteiger partial charge in [0.1, 0.15) is 0 Å². The van der Waals surface area contributed by atoms with Gasteiger partial charge in [0.2, 0.25) is 0 Å². The Kier molecular flexibility index (Phi) is 3.48. The van der Waals surface area contributed by atoms with Crippen molar-refractivity contribution in [3.63, 3.8) is 0 Å². The van der Waals surface area contributed by atoms with Crippen molar-refractivity contribution in [2.75, 3.05) is 0 Å². The number of hydrogen-bond acceptors (Lipinski definition) is 1. The second-order valence-electron chi connectivity index (χ2n) is 4.98. The van der Waals surface area contributed by atoms with Crippen molar-refractivity contribution < 1.29 is 13.2 Å². The Morgan fingerprint density at radius 3 is 2.45 bits per heavy atom. The minimum Gasteiger partial charge on any atom is -0.358 e. The van der Waals surface area contributed by atoms with E-state index in [-0.39, 0.29) is 5.69 Å². The average Bonchev–Trinajstić information content (AvgIpc) is 2.80. The van der Waals surface area contributed by atoms with E-state index in [0.717, 1.165) is 28.2 Å². The first kappa shape index (κ1) is 14.4. The van der Waals surface area contributed by atoms with Gasteiger partial charge in [0.15, 0.2) is 0 Å². The quantitative estimate of drug-likeness (QED) is 0.627. The number of benzene rings is 2. The molecule has 0 aliphatic heterocycles. The number of aromatic nitrogens is 1. The second kappa shape index (κ2) is 5.33. The zero-order valence-electron chi connectivity index (χ0n) is 11.8. The molecule has 0 atom stereocenters. The fourth-order valence-electron chi connectivity index (χ4n) is 2.42. The summed E-state index contributed by atoms with van der Waals surface area (Å²) < 4.78 is 38.9. The molecule has 0 aliphatic rings. The molecular formula is C17H13F3N2. The summed E-state index contributed by atoms with van der Waals surface area (Å²) in [5.74, 6) is 0. The average molecular weight is 302 g/mol. The molecule has 2 aromatic carbocycles. The number of aryl methyl sites for hydroxylation is 1. The second-order valence-corrected chi connectivity index (χ2v) is 4.98. The summed E-state index contributed by atoms with van der Waals surface area (Å²) in [6, 6.07) is 12.9. The van der Waals surface area contributed by atoms with Crippen LogP contribution >= 0.6 is 0 Å². The number of nitrogens with one attached hydrogen (secondary N) is 1. The molecule has 2 nitrogen and oxygen atoms in total. The molecule has 0 bridgehead atoms. The van der Waals surface area contributed by atoms with Crippen molar-refractivity contribution in [3.05, 3.63) is 65.4 Å². The van der Waals surface area contributed by atoms with Gasteiger partial charge < -0.3 is 4.98 Å². The maximum absolute atomic E-state index is 13.0. The molecule has 112 valence electrons. The van der Waals surface area contributed by atoms with Crippen LogP contribution in [-0.4, -0.2) is 11.2 Å². The summed E-state index contributed by atoms with van der Waals surface area (Å²) in [7, 11) is 0. The maximum atomic E-state index is 13.0. The molecule has 0 amide bonds. The number of alkyl halides is 3. The summed E-state index contributed by atoms with van der Waals surface area (Å²) >= 11 is 0. The third kappa shape index (κ3) is 2.62. The van der Waals surface area contributed by atoms with E-state index in [9.17, 15) is 13.2 Å². The molecule has 0 saturated heterocycles. The Balaban J connectivity index is 2.06.